The van der Waals surface area contributed by atoms with Gasteiger partial charge >= 0.3 is 0 Å². The lowest BCUT2D eigenvalue weighted by molar-refractivity contribution is -0.110. The molecule has 1 amide bonds. The zero-order valence-electron chi connectivity index (χ0n) is 8.21. The largest absolute Gasteiger partial charge is 0.356 e. The van der Waals surface area contributed by atoms with E-state index in [2.05, 4.69) is 31.3 Å². The minimum atomic E-state index is 0.232. The molecule has 0 fully saturated rings. The number of hydrogen-bond acceptors (Lipinski definition) is 1. The molecule has 0 aliphatic heterocycles. The van der Waals surface area contributed by atoms with E-state index >= 15 is 0 Å². The standard InChI is InChI=1S/C10H19NO/c1-4-5-6-7-9(2)10(3)11-8-12/h6-10H,4-5H2,1-3H3,(H,11,12)/b7-6-. The van der Waals surface area contributed by atoms with Crippen molar-refractivity contribution in [3.63, 3.8) is 0 Å². The third-order valence-electron chi connectivity index (χ3n) is 2.01. The van der Waals surface area contributed by atoms with Gasteiger partial charge in [-0.05, 0) is 19.3 Å². The Morgan fingerprint density at radius 1 is 1.42 bits per heavy atom. The van der Waals surface area contributed by atoms with Crippen LogP contribution < -0.4 is 5.32 Å². The van der Waals surface area contributed by atoms with Crippen molar-refractivity contribution in [1.82, 2.24) is 5.32 Å². The highest BCUT2D eigenvalue weighted by atomic mass is 16.1. The highest BCUT2D eigenvalue weighted by molar-refractivity contribution is 5.46. The highest BCUT2D eigenvalue weighted by Gasteiger charge is 2.05. The highest BCUT2D eigenvalue weighted by Crippen LogP contribution is 2.04. The number of carbonyl (C=O) groups excluding carboxylic acids is 1. The zero-order chi connectivity index (χ0) is 9.40. The summed E-state index contributed by atoms with van der Waals surface area (Å²) < 4.78 is 0. The number of rotatable bonds is 6. The minimum Gasteiger partial charge on any atom is -0.356 e. The van der Waals surface area contributed by atoms with Crippen molar-refractivity contribution in [2.24, 2.45) is 5.92 Å². The number of hydrogen-bond donors (Lipinski definition) is 1. The summed E-state index contributed by atoms with van der Waals surface area (Å²) >= 11 is 0. The van der Waals surface area contributed by atoms with E-state index in [-0.39, 0.29) is 6.04 Å². The van der Waals surface area contributed by atoms with Crippen LogP contribution in [0.5, 0.6) is 0 Å². The Morgan fingerprint density at radius 3 is 2.58 bits per heavy atom. The van der Waals surface area contributed by atoms with Crippen molar-refractivity contribution in [2.45, 2.75) is 39.7 Å². The second-order valence-electron chi connectivity index (χ2n) is 3.15. The molecule has 70 valence electrons. The van der Waals surface area contributed by atoms with Crippen LogP contribution in [0.2, 0.25) is 0 Å². The summed E-state index contributed by atoms with van der Waals surface area (Å²) in [5, 5.41) is 2.74. The van der Waals surface area contributed by atoms with Crippen LogP contribution >= 0.6 is 0 Å². The van der Waals surface area contributed by atoms with E-state index in [4.69, 9.17) is 0 Å². The van der Waals surface area contributed by atoms with E-state index < -0.39 is 0 Å². The van der Waals surface area contributed by atoms with Crippen molar-refractivity contribution in [2.75, 3.05) is 0 Å². The average Bonchev–Trinajstić information content (AvgIpc) is 2.05. The van der Waals surface area contributed by atoms with Crippen molar-refractivity contribution in [1.29, 1.82) is 0 Å². The Labute approximate surface area is 75.0 Å². The number of amides is 1. The Hall–Kier alpha value is -0.790. The van der Waals surface area contributed by atoms with Gasteiger partial charge in [0, 0.05) is 6.04 Å². The lowest BCUT2D eigenvalue weighted by Gasteiger charge is -2.14. The topological polar surface area (TPSA) is 29.1 Å². The molecule has 0 aliphatic rings. The van der Waals surface area contributed by atoms with Crippen molar-refractivity contribution < 1.29 is 4.79 Å². The summed E-state index contributed by atoms with van der Waals surface area (Å²) in [4.78, 5) is 10.1. The first-order chi connectivity index (χ1) is 5.72. The van der Waals surface area contributed by atoms with Gasteiger partial charge in [0.25, 0.3) is 0 Å². The molecular weight excluding hydrogens is 150 g/mol. The summed E-state index contributed by atoms with van der Waals surface area (Å²) in [6, 6.07) is 0.232. The van der Waals surface area contributed by atoms with Gasteiger partial charge in [-0.25, -0.2) is 0 Å². The molecule has 0 radical (unpaired) electrons. The fourth-order valence-electron chi connectivity index (χ4n) is 0.903. The average molecular weight is 169 g/mol. The predicted octanol–water partition coefficient (Wildman–Crippen LogP) is 2.11. The van der Waals surface area contributed by atoms with Gasteiger partial charge in [-0.1, -0.05) is 32.4 Å². The summed E-state index contributed by atoms with van der Waals surface area (Å²) in [6.45, 7) is 6.27. The van der Waals surface area contributed by atoms with Crippen LogP contribution in [-0.4, -0.2) is 12.5 Å². The first-order valence-corrected chi connectivity index (χ1v) is 4.58. The first-order valence-electron chi connectivity index (χ1n) is 4.58. The summed E-state index contributed by atoms with van der Waals surface area (Å²) in [6.07, 6.45) is 7.39. The smallest absolute Gasteiger partial charge is 0.207 e. The van der Waals surface area contributed by atoms with Crippen LogP contribution in [0.3, 0.4) is 0 Å². The van der Waals surface area contributed by atoms with Gasteiger partial charge in [-0.2, -0.15) is 0 Å². The number of unbranched alkanes of at least 4 members (excludes halogenated alkanes) is 1. The van der Waals surface area contributed by atoms with E-state index in [1.54, 1.807) is 0 Å². The van der Waals surface area contributed by atoms with Crippen LogP contribution in [0.15, 0.2) is 12.2 Å². The molecule has 0 aliphatic carbocycles. The van der Waals surface area contributed by atoms with Crippen LogP contribution in [0.1, 0.15) is 33.6 Å². The van der Waals surface area contributed by atoms with Crippen molar-refractivity contribution in [3.8, 4) is 0 Å². The fourth-order valence-corrected chi connectivity index (χ4v) is 0.903. The monoisotopic (exact) mass is 169 g/mol. The molecular formula is C10H19NO. The van der Waals surface area contributed by atoms with Crippen LogP contribution in [0, 0.1) is 5.92 Å². The van der Waals surface area contributed by atoms with Gasteiger partial charge in [0.15, 0.2) is 0 Å². The molecule has 0 aromatic heterocycles. The quantitative estimate of drug-likeness (QED) is 0.479. The van der Waals surface area contributed by atoms with Crippen molar-refractivity contribution in [3.05, 3.63) is 12.2 Å². The van der Waals surface area contributed by atoms with E-state index in [9.17, 15) is 4.79 Å². The first kappa shape index (κ1) is 11.2. The SMILES string of the molecule is CCC/C=C\C(C)C(C)NC=O. The molecule has 2 atom stereocenters. The van der Waals surface area contributed by atoms with Crippen molar-refractivity contribution >= 4 is 6.41 Å². The van der Waals surface area contributed by atoms with Gasteiger partial charge < -0.3 is 5.32 Å². The molecule has 0 aromatic rings. The second kappa shape index (κ2) is 6.89. The van der Waals surface area contributed by atoms with E-state index in [1.165, 1.54) is 6.42 Å². The maximum atomic E-state index is 10.1. The maximum Gasteiger partial charge on any atom is 0.207 e. The Kier molecular flexibility index (Phi) is 6.44. The number of allylic oxidation sites excluding steroid dienone is 1. The van der Waals surface area contributed by atoms with Gasteiger partial charge in [0.1, 0.15) is 0 Å². The molecule has 2 heteroatoms. The summed E-state index contributed by atoms with van der Waals surface area (Å²) in [5.74, 6) is 0.418. The molecule has 0 saturated heterocycles. The molecule has 0 aromatic carbocycles. The number of carbonyl (C=O) groups is 1. The third kappa shape index (κ3) is 4.94. The maximum absolute atomic E-state index is 10.1. The summed E-state index contributed by atoms with van der Waals surface area (Å²) in [5.41, 5.74) is 0. The van der Waals surface area contributed by atoms with Gasteiger partial charge in [0.2, 0.25) is 6.41 Å². The zero-order valence-corrected chi connectivity index (χ0v) is 8.21. The second-order valence-corrected chi connectivity index (χ2v) is 3.15. The van der Waals surface area contributed by atoms with Gasteiger partial charge in [-0.3, -0.25) is 4.79 Å². The Balaban J connectivity index is 3.68. The van der Waals surface area contributed by atoms with Crippen LogP contribution in [-0.2, 0) is 4.79 Å². The molecule has 12 heavy (non-hydrogen) atoms. The van der Waals surface area contributed by atoms with Gasteiger partial charge in [-0.15, -0.1) is 0 Å². The molecule has 0 heterocycles. The molecule has 1 N–H and O–H groups in total. The Bertz CT molecular complexity index is 143. The lowest BCUT2D eigenvalue weighted by atomic mass is 10.0. The molecule has 0 rings (SSSR count). The van der Waals surface area contributed by atoms with E-state index in [0.29, 0.717) is 5.92 Å². The molecule has 0 saturated carbocycles. The van der Waals surface area contributed by atoms with Crippen LogP contribution in [0.4, 0.5) is 0 Å². The Morgan fingerprint density at radius 2 is 2.08 bits per heavy atom. The molecule has 2 unspecified atom stereocenters. The van der Waals surface area contributed by atoms with Gasteiger partial charge in [0.05, 0.1) is 0 Å². The number of nitrogens with one attached hydrogen (secondary N) is 1. The molecule has 2 nitrogen and oxygen atoms in total. The molecule has 0 spiro atoms. The normalized spacial score (nSPS) is 15.9. The summed E-state index contributed by atoms with van der Waals surface area (Å²) in [7, 11) is 0. The lowest BCUT2D eigenvalue weighted by Crippen LogP contribution is -2.29. The molecule has 0 bridgehead atoms. The van der Waals surface area contributed by atoms with Crippen LogP contribution in [0.25, 0.3) is 0 Å². The van der Waals surface area contributed by atoms with E-state index in [0.717, 1.165) is 12.8 Å². The van der Waals surface area contributed by atoms with E-state index in [1.807, 2.05) is 6.92 Å². The predicted molar refractivity (Wildman–Crippen MR) is 51.9 cm³/mol. The fraction of sp³-hybridized carbons (Fsp3) is 0.700. The third-order valence-corrected chi connectivity index (χ3v) is 2.01. The minimum absolute atomic E-state index is 0.232.